The molecule has 17 heavy (non-hydrogen) atoms. The van der Waals surface area contributed by atoms with E-state index >= 15 is 0 Å². The maximum Gasteiger partial charge on any atom is 0.0575 e. The van der Waals surface area contributed by atoms with Crippen molar-refractivity contribution in [3.63, 3.8) is 0 Å². The summed E-state index contributed by atoms with van der Waals surface area (Å²) in [6, 6.07) is 0. The van der Waals surface area contributed by atoms with Crippen LogP contribution in [0.15, 0.2) is 0 Å². The van der Waals surface area contributed by atoms with Crippen LogP contribution >= 0.6 is 15.9 Å². The molecule has 0 N–H and O–H groups in total. The van der Waals surface area contributed by atoms with Gasteiger partial charge in [0.15, 0.2) is 0 Å². The molecule has 0 amide bonds. The van der Waals surface area contributed by atoms with Gasteiger partial charge < -0.3 is 4.74 Å². The number of ether oxygens (including phenoxy) is 1. The van der Waals surface area contributed by atoms with Crippen molar-refractivity contribution in [3.8, 4) is 0 Å². The molecule has 0 atom stereocenters. The van der Waals surface area contributed by atoms with Gasteiger partial charge in [-0.1, -0.05) is 42.1 Å². The zero-order chi connectivity index (χ0) is 12.1. The number of hydrogen-bond donors (Lipinski definition) is 0. The minimum absolute atomic E-state index is 0.460. The van der Waals surface area contributed by atoms with Crippen molar-refractivity contribution in [2.45, 2.75) is 70.8 Å². The van der Waals surface area contributed by atoms with E-state index in [1.807, 2.05) is 0 Å². The van der Waals surface area contributed by atoms with Crippen LogP contribution in [0.5, 0.6) is 0 Å². The van der Waals surface area contributed by atoms with Crippen molar-refractivity contribution >= 4 is 15.9 Å². The van der Waals surface area contributed by atoms with Gasteiger partial charge in [-0.2, -0.15) is 0 Å². The first-order chi connectivity index (χ1) is 8.24. The lowest BCUT2D eigenvalue weighted by atomic mass is 9.76. The summed E-state index contributed by atoms with van der Waals surface area (Å²) in [5.41, 5.74) is 0.460. The Balaban J connectivity index is 1.75. The summed E-state index contributed by atoms with van der Waals surface area (Å²) in [4.78, 5) is 0. The van der Waals surface area contributed by atoms with Crippen molar-refractivity contribution in [2.75, 3.05) is 11.9 Å². The van der Waals surface area contributed by atoms with Gasteiger partial charge in [0.2, 0.25) is 0 Å². The number of hydrogen-bond acceptors (Lipinski definition) is 1. The van der Waals surface area contributed by atoms with Gasteiger partial charge >= 0.3 is 0 Å². The summed E-state index contributed by atoms with van der Waals surface area (Å²) in [6.07, 6.45) is 12.8. The Kier molecular flexibility index (Phi) is 5.35. The maximum atomic E-state index is 6.24. The molecule has 100 valence electrons. The van der Waals surface area contributed by atoms with Gasteiger partial charge in [0, 0.05) is 10.7 Å². The van der Waals surface area contributed by atoms with E-state index in [-0.39, 0.29) is 0 Å². The van der Waals surface area contributed by atoms with E-state index in [1.165, 1.54) is 57.8 Å². The van der Waals surface area contributed by atoms with Gasteiger partial charge in [0.25, 0.3) is 0 Å². The van der Waals surface area contributed by atoms with E-state index in [2.05, 4.69) is 22.9 Å². The van der Waals surface area contributed by atoms with Crippen LogP contribution in [0.25, 0.3) is 0 Å². The molecule has 0 unspecified atom stereocenters. The molecule has 1 nitrogen and oxygen atoms in total. The van der Waals surface area contributed by atoms with Crippen LogP contribution in [-0.4, -0.2) is 18.0 Å². The molecule has 0 aromatic heterocycles. The summed E-state index contributed by atoms with van der Waals surface area (Å²) in [5, 5.41) is 1.13. The standard InChI is InChI=1S/C15H27BrO/c1-13-5-7-14(8-6-13)17-12-15(11-16)9-3-2-4-10-15/h13-14H,2-12H2,1H3. The highest BCUT2D eigenvalue weighted by atomic mass is 79.9. The second-order valence-electron chi connectivity index (χ2n) is 6.39. The fourth-order valence-electron chi connectivity index (χ4n) is 3.31. The molecule has 0 spiro atoms. The molecule has 2 aliphatic carbocycles. The molecule has 0 aromatic carbocycles. The molecule has 2 rings (SSSR count). The predicted octanol–water partition coefficient (Wildman–Crippen LogP) is 4.93. The first kappa shape index (κ1) is 13.9. The average molecular weight is 303 g/mol. The van der Waals surface area contributed by atoms with Crippen LogP contribution in [0.4, 0.5) is 0 Å². The third-order valence-corrected chi connectivity index (χ3v) is 5.98. The van der Waals surface area contributed by atoms with Gasteiger partial charge in [0.05, 0.1) is 12.7 Å². The maximum absolute atomic E-state index is 6.24. The largest absolute Gasteiger partial charge is 0.378 e. The molecule has 0 radical (unpaired) electrons. The molecule has 0 bridgehead atoms. The van der Waals surface area contributed by atoms with Crippen molar-refractivity contribution in [1.82, 2.24) is 0 Å². The zero-order valence-corrected chi connectivity index (χ0v) is 12.8. The fourth-order valence-corrected chi connectivity index (χ4v) is 4.03. The topological polar surface area (TPSA) is 9.23 Å². The normalized spacial score (nSPS) is 33.5. The Morgan fingerprint density at radius 1 is 1.06 bits per heavy atom. The van der Waals surface area contributed by atoms with E-state index < -0.39 is 0 Å². The molecule has 0 aromatic rings. The number of halogens is 1. The van der Waals surface area contributed by atoms with Crippen LogP contribution in [0.2, 0.25) is 0 Å². The summed E-state index contributed by atoms with van der Waals surface area (Å²) < 4.78 is 6.24. The lowest BCUT2D eigenvalue weighted by Crippen LogP contribution is -2.34. The smallest absolute Gasteiger partial charge is 0.0575 e. The molecule has 2 heteroatoms. The molecule has 0 heterocycles. The highest BCUT2D eigenvalue weighted by molar-refractivity contribution is 9.09. The predicted molar refractivity (Wildman–Crippen MR) is 76.7 cm³/mol. The van der Waals surface area contributed by atoms with Gasteiger partial charge in [-0.05, 0) is 44.4 Å². The Labute approximate surface area is 115 Å². The summed E-state index contributed by atoms with van der Waals surface area (Å²) in [5.74, 6) is 0.926. The lowest BCUT2D eigenvalue weighted by molar-refractivity contribution is -0.0343. The minimum Gasteiger partial charge on any atom is -0.378 e. The Morgan fingerprint density at radius 3 is 2.29 bits per heavy atom. The van der Waals surface area contributed by atoms with E-state index in [0.29, 0.717) is 11.5 Å². The van der Waals surface area contributed by atoms with Crippen LogP contribution in [0, 0.1) is 11.3 Å². The van der Waals surface area contributed by atoms with Gasteiger partial charge in [-0.25, -0.2) is 0 Å². The Hall–Kier alpha value is 0.440. The minimum atomic E-state index is 0.460. The average Bonchev–Trinajstić information content (AvgIpc) is 2.39. The fraction of sp³-hybridized carbons (Fsp3) is 1.00. The molecule has 0 saturated heterocycles. The molecular formula is C15H27BrO. The Morgan fingerprint density at radius 2 is 1.71 bits per heavy atom. The molecule has 2 saturated carbocycles. The second-order valence-corrected chi connectivity index (χ2v) is 6.95. The summed E-state index contributed by atoms with van der Waals surface area (Å²) in [6.45, 7) is 3.37. The quantitative estimate of drug-likeness (QED) is 0.669. The van der Waals surface area contributed by atoms with E-state index in [1.54, 1.807) is 0 Å². The van der Waals surface area contributed by atoms with E-state index in [4.69, 9.17) is 4.74 Å². The zero-order valence-electron chi connectivity index (χ0n) is 11.2. The van der Waals surface area contributed by atoms with Crippen molar-refractivity contribution in [1.29, 1.82) is 0 Å². The van der Waals surface area contributed by atoms with Crippen molar-refractivity contribution < 1.29 is 4.74 Å². The Bertz CT molecular complexity index is 215. The molecular weight excluding hydrogens is 276 g/mol. The second kappa shape index (κ2) is 6.56. The SMILES string of the molecule is CC1CCC(OCC2(CBr)CCCCC2)CC1. The molecule has 2 aliphatic rings. The molecule has 2 fully saturated rings. The monoisotopic (exact) mass is 302 g/mol. The van der Waals surface area contributed by atoms with Crippen molar-refractivity contribution in [3.05, 3.63) is 0 Å². The van der Waals surface area contributed by atoms with E-state index in [9.17, 15) is 0 Å². The molecule has 0 aliphatic heterocycles. The van der Waals surface area contributed by atoms with Gasteiger partial charge in [-0.15, -0.1) is 0 Å². The van der Waals surface area contributed by atoms with Crippen LogP contribution in [0.3, 0.4) is 0 Å². The van der Waals surface area contributed by atoms with Crippen LogP contribution in [-0.2, 0) is 4.74 Å². The third-order valence-electron chi connectivity index (χ3n) is 4.79. The van der Waals surface area contributed by atoms with Crippen LogP contribution < -0.4 is 0 Å². The summed E-state index contributed by atoms with van der Waals surface area (Å²) in [7, 11) is 0. The first-order valence-electron chi connectivity index (χ1n) is 7.42. The van der Waals surface area contributed by atoms with Gasteiger partial charge in [0.1, 0.15) is 0 Å². The van der Waals surface area contributed by atoms with Crippen molar-refractivity contribution in [2.24, 2.45) is 11.3 Å². The first-order valence-corrected chi connectivity index (χ1v) is 8.54. The highest BCUT2D eigenvalue weighted by Gasteiger charge is 2.32. The summed E-state index contributed by atoms with van der Waals surface area (Å²) >= 11 is 3.72. The third kappa shape index (κ3) is 3.96. The highest BCUT2D eigenvalue weighted by Crippen LogP contribution is 2.39. The van der Waals surface area contributed by atoms with Gasteiger partial charge in [-0.3, -0.25) is 0 Å². The lowest BCUT2D eigenvalue weighted by Gasteiger charge is -2.37. The van der Waals surface area contributed by atoms with Crippen LogP contribution in [0.1, 0.15) is 64.7 Å². The number of rotatable bonds is 4. The number of alkyl halides is 1. The van der Waals surface area contributed by atoms with E-state index in [0.717, 1.165) is 17.9 Å².